The Morgan fingerprint density at radius 2 is 1.60 bits per heavy atom. The molecule has 0 N–H and O–H groups in total. The van der Waals surface area contributed by atoms with Gasteiger partial charge in [0.15, 0.2) is 0 Å². The van der Waals surface area contributed by atoms with E-state index in [1.54, 1.807) is 6.08 Å². The summed E-state index contributed by atoms with van der Waals surface area (Å²) >= 11 is 0. The van der Waals surface area contributed by atoms with E-state index in [9.17, 15) is 0 Å². The van der Waals surface area contributed by atoms with Crippen molar-refractivity contribution < 1.29 is 36.5 Å². The first kappa shape index (κ1) is 16.9. The topological polar surface area (TPSA) is 0 Å². The third-order valence-corrected chi connectivity index (χ3v) is 0. The fourth-order valence-electron chi connectivity index (χ4n) is 0. The summed E-state index contributed by atoms with van der Waals surface area (Å²) in [5.41, 5.74) is 0. The van der Waals surface area contributed by atoms with Crippen LogP contribution in [0.2, 0.25) is 0 Å². The molecule has 0 aliphatic heterocycles. The summed E-state index contributed by atoms with van der Waals surface area (Å²) in [5, 5.41) is 0. The van der Waals surface area contributed by atoms with Crippen molar-refractivity contribution in [1.29, 1.82) is 0 Å². The van der Waals surface area contributed by atoms with Gasteiger partial charge in [-0.15, -0.1) is 6.58 Å². The minimum atomic E-state index is 0. The molecule has 2 heteroatoms. The SMILES string of the molecule is C=CC.[Fe].[Zn]. The Morgan fingerprint density at radius 1 is 1.60 bits per heavy atom. The van der Waals surface area contributed by atoms with E-state index in [1.807, 2.05) is 6.92 Å². The second-order valence-corrected chi connectivity index (χ2v) is 0.408. The molecular formula is C3H6FeZn. The van der Waals surface area contributed by atoms with Gasteiger partial charge in [0.2, 0.25) is 0 Å². The Balaban J connectivity index is -0.0000000200. The maximum atomic E-state index is 3.36. The molecule has 0 amide bonds. The van der Waals surface area contributed by atoms with Crippen LogP contribution < -0.4 is 0 Å². The van der Waals surface area contributed by atoms with Crippen LogP contribution in [-0.2, 0) is 36.5 Å². The van der Waals surface area contributed by atoms with Crippen LogP contribution in [0.15, 0.2) is 12.7 Å². The Hall–Kier alpha value is 0.883. The minimum Gasteiger partial charge on any atom is -0.103 e. The molecule has 0 aromatic heterocycles. The van der Waals surface area contributed by atoms with E-state index in [2.05, 4.69) is 6.58 Å². The summed E-state index contributed by atoms with van der Waals surface area (Å²) in [4.78, 5) is 0. The Labute approximate surface area is 56.3 Å². The summed E-state index contributed by atoms with van der Waals surface area (Å²) in [6, 6.07) is 0. The first-order valence-electron chi connectivity index (χ1n) is 0.986. The Bertz CT molecular complexity index is 14.4. The molecule has 0 unspecified atom stereocenters. The van der Waals surface area contributed by atoms with Gasteiger partial charge in [0.05, 0.1) is 0 Å². The number of allylic oxidation sites excluding steroid dienone is 1. The van der Waals surface area contributed by atoms with Crippen molar-refractivity contribution in [3.05, 3.63) is 12.7 Å². The molecule has 0 rings (SSSR count). The van der Waals surface area contributed by atoms with Crippen molar-refractivity contribution in [3.8, 4) is 0 Å². The standard InChI is InChI=1S/C3H6.Fe.Zn/c1-3-2;;/h3H,1H2,2H3;;. The van der Waals surface area contributed by atoms with Crippen molar-refractivity contribution in [3.63, 3.8) is 0 Å². The van der Waals surface area contributed by atoms with Gasteiger partial charge in [0.25, 0.3) is 0 Å². The molecule has 0 heterocycles. The van der Waals surface area contributed by atoms with Gasteiger partial charge in [0, 0.05) is 36.5 Å². The summed E-state index contributed by atoms with van der Waals surface area (Å²) in [7, 11) is 0. The van der Waals surface area contributed by atoms with Crippen molar-refractivity contribution in [2.24, 2.45) is 0 Å². The van der Waals surface area contributed by atoms with Gasteiger partial charge in [-0.1, -0.05) is 6.08 Å². The van der Waals surface area contributed by atoms with Crippen LogP contribution in [0.3, 0.4) is 0 Å². The van der Waals surface area contributed by atoms with E-state index in [0.717, 1.165) is 0 Å². The van der Waals surface area contributed by atoms with Gasteiger partial charge in [-0.05, 0) is 6.92 Å². The number of rotatable bonds is 0. The summed E-state index contributed by atoms with van der Waals surface area (Å²) in [6.07, 6.45) is 1.75. The molecule has 0 aromatic carbocycles. The van der Waals surface area contributed by atoms with Crippen molar-refractivity contribution in [2.75, 3.05) is 0 Å². The molecule has 28 valence electrons. The largest absolute Gasteiger partial charge is 0.103 e. The first-order valence-corrected chi connectivity index (χ1v) is 0.986. The average molecular weight is 163 g/mol. The third kappa shape index (κ3) is 52.1. The van der Waals surface area contributed by atoms with E-state index < -0.39 is 0 Å². The molecule has 0 spiro atoms. The molecule has 0 aliphatic carbocycles. The molecule has 0 bridgehead atoms. The molecule has 0 nitrogen and oxygen atoms in total. The average Bonchev–Trinajstić information content (AvgIpc) is 0.918. The van der Waals surface area contributed by atoms with Crippen molar-refractivity contribution >= 4 is 0 Å². The number of hydrogen-bond acceptors (Lipinski definition) is 0. The van der Waals surface area contributed by atoms with Gasteiger partial charge < -0.3 is 0 Å². The molecule has 0 radical (unpaired) electrons. The van der Waals surface area contributed by atoms with Gasteiger partial charge in [-0.25, -0.2) is 0 Å². The summed E-state index contributed by atoms with van der Waals surface area (Å²) in [5.74, 6) is 0. The molecular weight excluding hydrogens is 157 g/mol. The maximum Gasteiger partial charge on any atom is 0 e. The van der Waals surface area contributed by atoms with Gasteiger partial charge in [-0.2, -0.15) is 0 Å². The monoisotopic (exact) mass is 162 g/mol. The van der Waals surface area contributed by atoms with Crippen LogP contribution in [0, 0.1) is 0 Å². The predicted molar refractivity (Wildman–Crippen MR) is 15.9 cm³/mol. The fourth-order valence-corrected chi connectivity index (χ4v) is 0. The Kier molecular flexibility index (Phi) is 70.1. The quantitative estimate of drug-likeness (QED) is 0.372. The fraction of sp³-hybridized carbons (Fsp3) is 0.333. The van der Waals surface area contributed by atoms with Crippen molar-refractivity contribution in [1.82, 2.24) is 0 Å². The van der Waals surface area contributed by atoms with Crippen LogP contribution in [0.1, 0.15) is 6.92 Å². The maximum absolute atomic E-state index is 3.36. The van der Waals surface area contributed by atoms with E-state index in [4.69, 9.17) is 0 Å². The molecule has 0 saturated carbocycles. The van der Waals surface area contributed by atoms with Crippen molar-refractivity contribution in [2.45, 2.75) is 6.92 Å². The zero-order valence-corrected chi connectivity index (χ0v) is 7.42. The van der Waals surface area contributed by atoms with Gasteiger partial charge in [0.1, 0.15) is 0 Å². The van der Waals surface area contributed by atoms with E-state index >= 15 is 0 Å². The van der Waals surface area contributed by atoms with E-state index in [0.29, 0.717) is 0 Å². The van der Waals surface area contributed by atoms with E-state index in [1.165, 1.54) is 0 Å². The first-order chi connectivity index (χ1) is 1.41. The Morgan fingerprint density at radius 3 is 1.60 bits per heavy atom. The van der Waals surface area contributed by atoms with Crippen LogP contribution in [0.4, 0.5) is 0 Å². The van der Waals surface area contributed by atoms with Crippen LogP contribution in [0.5, 0.6) is 0 Å². The molecule has 0 fully saturated rings. The molecule has 0 aliphatic rings. The van der Waals surface area contributed by atoms with E-state index in [-0.39, 0.29) is 36.5 Å². The molecule has 0 saturated heterocycles. The second kappa shape index (κ2) is 20.8. The third-order valence-electron chi connectivity index (χ3n) is 0. The van der Waals surface area contributed by atoms with Gasteiger partial charge >= 0.3 is 0 Å². The van der Waals surface area contributed by atoms with Crippen LogP contribution in [0.25, 0.3) is 0 Å². The normalized spacial score (nSPS) is 2.60. The molecule has 0 aromatic rings. The smallest absolute Gasteiger partial charge is 0 e. The summed E-state index contributed by atoms with van der Waals surface area (Å²) in [6.45, 7) is 5.25. The molecule has 5 heavy (non-hydrogen) atoms. The zero-order valence-electron chi connectivity index (χ0n) is 3.35. The zero-order chi connectivity index (χ0) is 2.71. The van der Waals surface area contributed by atoms with Crippen LogP contribution in [-0.4, -0.2) is 0 Å². The summed E-state index contributed by atoms with van der Waals surface area (Å²) < 4.78 is 0. The van der Waals surface area contributed by atoms with Crippen LogP contribution >= 0.6 is 0 Å². The number of hydrogen-bond donors (Lipinski definition) is 0. The van der Waals surface area contributed by atoms with Gasteiger partial charge in [-0.3, -0.25) is 0 Å². The second-order valence-electron chi connectivity index (χ2n) is 0.408. The molecule has 0 atom stereocenters. The predicted octanol–water partition coefficient (Wildman–Crippen LogP) is 1.19. The minimum absolute atomic E-state index is 0.